The van der Waals surface area contributed by atoms with Crippen LogP contribution in [0.3, 0.4) is 0 Å². The molecule has 1 fully saturated rings. The first-order valence-electron chi connectivity index (χ1n) is 10.4. The predicted octanol–water partition coefficient (Wildman–Crippen LogP) is 3.47. The van der Waals surface area contributed by atoms with Gasteiger partial charge in [0, 0.05) is 31.7 Å². The van der Waals surface area contributed by atoms with Crippen LogP contribution in [-0.4, -0.2) is 35.2 Å². The first-order valence-corrected chi connectivity index (χ1v) is 10.4. The minimum atomic E-state index is -0.647. The predicted molar refractivity (Wildman–Crippen MR) is 111 cm³/mol. The van der Waals surface area contributed by atoms with E-state index in [-0.39, 0.29) is 11.9 Å². The van der Waals surface area contributed by atoms with Crippen LogP contribution in [0.25, 0.3) is 0 Å². The largest absolute Gasteiger partial charge is 0.345 e. The first kappa shape index (κ1) is 21.9. The number of hydrogen-bond donors (Lipinski definition) is 2. The lowest BCUT2D eigenvalue weighted by Gasteiger charge is -2.28. The first-order chi connectivity index (χ1) is 13.4. The van der Waals surface area contributed by atoms with E-state index in [1.165, 1.54) is 19.8 Å². The van der Waals surface area contributed by atoms with E-state index >= 15 is 0 Å². The Bertz CT molecular complexity index is 681. The maximum Gasteiger partial charge on any atom is 0.313 e. The van der Waals surface area contributed by atoms with Crippen LogP contribution >= 0.6 is 0 Å². The minimum Gasteiger partial charge on any atom is -0.345 e. The zero-order valence-electron chi connectivity index (χ0n) is 17.3. The second-order valence-electron chi connectivity index (χ2n) is 7.67. The lowest BCUT2D eigenvalue weighted by molar-refractivity contribution is -0.136. The second-order valence-corrected chi connectivity index (χ2v) is 7.67. The van der Waals surface area contributed by atoms with E-state index in [1.807, 2.05) is 19.1 Å². The molecule has 0 aliphatic heterocycles. The topological polar surface area (TPSA) is 78.5 Å². The number of benzene rings is 1. The van der Waals surface area contributed by atoms with Crippen molar-refractivity contribution < 1.29 is 14.4 Å². The Hall–Kier alpha value is -2.37. The van der Waals surface area contributed by atoms with Gasteiger partial charge in [-0.1, -0.05) is 31.9 Å². The summed E-state index contributed by atoms with van der Waals surface area (Å²) in [5, 5.41) is 5.54. The lowest BCUT2D eigenvalue weighted by Crippen LogP contribution is -2.43. The van der Waals surface area contributed by atoms with Crippen LogP contribution < -0.4 is 10.6 Å². The molecule has 3 amide bonds. The Morgan fingerprint density at radius 1 is 1.07 bits per heavy atom. The van der Waals surface area contributed by atoms with Crippen molar-refractivity contribution in [3.05, 3.63) is 29.8 Å². The molecule has 1 saturated carbocycles. The van der Waals surface area contributed by atoms with Crippen LogP contribution in [0.2, 0.25) is 0 Å². The van der Waals surface area contributed by atoms with Crippen LogP contribution in [0.4, 0.5) is 5.69 Å². The Kier molecular flexibility index (Phi) is 8.48. The molecule has 6 nitrogen and oxygen atoms in total. The van der Waals surface area contributed by atoms with E-state index in [0.717, 1.165) is 37.2 Å². The number of amides is 3. The molecule has 1 aliphatic rings. The fourth-order valence-corrected chi connectivity index (χ4v) is 3.86. The maximum absolute atomic E-state index is 12.3. The van der Waals surface area contributed by atoms with Crippen molar-refractivity contribution in [1.82, 2.24) is 10.2 Å². The average molecular weight is 388 g/mol. The molecule has 2 rings (SSSR count). The number of nitrogens with one attached hydrogen (secondary N) is 2. The summed E-state index contributed by atoms with van der Waals surface area (Å²) in [7, 11) is 0. The van der Waals surface area contributed by atoms with E-state index in [9.17, 15) is 14.4 Å². The van der Waals surface area contributed by atoms with Gasteiger partial charge in [0.15, 0.2) is 0 Å². The molecule has 6 heteroatoms. The minimum absolute atomic E-state index is 0.00461. The molecule has 0 atom stereocenters. The summed E-state index contributed by atoms with van der Waals surface area (Å²) in [5.41, 5.74) is 1.47. The molecule has 0 bridgehead atoms. The van der Waals surface area contributed by atoms with Gasteiger partial charge in [0.05, 0.1) is 0 Å². The monoisotopic (exact) mass is 387 g/mol. The Balaban J connectivity index is 1.86. The molecule has 1 aromatic rings. The van der Waals surface area contributed by atoms with Crippen LogP contribution in [0, 0.1) is 5.92 Å². The third-order valence-corrected chi connectivity index (χ3v) is 5.47. The SMILES string of the molecule is CCCC1CCC(NC(=O)C(=O)Nc2cccc(CN(CC)C(C)=O)c2)CC1. The van der Waals surface area contributed by atoms with Crippen LogP contribution in [-0.2, 0) is 20.9 Å². The average Bonchev–Trinajstić information content (AvgIpc) is 2.68. The second kappa shape index (κ2) is 10.8. The van der Waals surface area contributed by atoms with Crippen molar-refractivity contribution in [2.24, 2.45) is 5.92 Å². The summed E-state index contributed by atoms with van der Waals surface area (Å²) in [5.74, 6) is -0.465. The highest BCUT2D eigenvalue weighted by Gasteiger charge is 2.24. The number of nitrogens with zero attached hydrogens (tertiary/aromatic N) is 1. The smallest absolute Gasteiger partial charge is 0.313 e. The highest BCUT2D eigenvalue weighted by atomic mass is 16.2. The zero-order chi connectivity index (χ0) is 20.5. The normalized spacial score (nSPS) is 19.0. The zero-order valence-corrected chi connectivity index (χ0v) is 17.3. The van der Waals surface area contributed by atoms with Gasteiger partial charge in [0.1, 0.15) is 0 Å². The van der Waals surface area contributed by atoms with Crippen molar-refractivity contribution in [3.8, 4) is 0 Å². The molecule has 154 valence electrons. The quantitative estimate of drug-likeness (QED) is 0.703. The fourth-order valence-electron chi connectivity index (χ4n) is 3.86. The van der Waals surface area contributed by atoms with E-state index in [1.54, 1.807) is 17.0 Å². The third-order valence-electron chi connectivity index (χ3n) is 5.47. The van der Waals surface area contributed by atoms with Crippen LogP contribution in [0.15, 0.2) is 24.3 Å². The molecule has 2 N–H and O–H groups in total. The van der Waals surface area contributed by atoms with E-state index in [4.69, 9.17) is 0 Å². The molecule has 0 saturated heterocycles. The number of anilines is 1. The van der Waals surface area contributed by atoms with Gasteiger partial charge in [-0.25, -0.2) is 0 Å². The summed E-state index contributed by atoms with van der Waals surface area (Å²) >= 11 is 0. The van der Waals surface area contributed by atoms with Gasteiger partial charge in [0.25, 0.3) is 0 Å². The van der Waals surface area contributed by atoms with E-state index < -0.39 is 11.8 Å². The van der Waals surface area contributed by atoms with Crippen LogP contribution in [0.5, 0.6) is 0 Å². The van der Waals surface area contributed by atoms with Crippen molar-refractivity contribution >= 4 is 23.4 Å². The van der Waals surface area contributed by atoms with Gasteiger partial charge in [-0.15, -0.1) is 0 Å². The molecular weight excluding hydrogens is 354 g/mol. The van der Waals surface area contributed by atoms with Gasteiger partial charge < -0.3 is 15.5 Å². The Morgan fingerprint density at radius 3 is 2.39 bits per heavy atom. The van der Waals surface area contributed by atoms with Crippen molar-refractivity contribution in [1.29, 1.82) is 0 Å². The fraction of sp³-hybridized carbons (Fsp3) is 0.591. The van der Waals surface area contributed by atoms with Crippen molar-refractivity contribution in [2.45, 2.75) is 71.9 Å². The molecular formula is C22H33N3O3. The van der Waals surface area contributed by atoms with Gasteiger partial charge in [-0.3, -0.25) is 14.4 Å². The van der Waals surface area contributed by atoms with Gasteiger partial charge in [-0.2, -0.15) is 0 Å². The maximum atomic E-state index is 12.3. The molecule has 0 radical (unpaired) electrons. The lowest BCUT2D eigenvalue weighted by atomic mass is 9.83. The van der Waals surface area contributed by atoms with Gasteiger partial charge >= 0.3 is 11.8 Å². The number of carbonyl (C=O) groups is 3. The highest BCUT2D eigenvalue weighted by molar-refractivity contribution is 6.39. The van der Waals surface area contributed by atoms with Gasteiger partial charge in [-0.05, 0) is 56.2 Å². The molecule has 0 heterocycles. The van der Waals surface area contributed by atoms with Gasteiger partial charge in [0.2, 0.25) is 5.91 Å². The molecule has 1 aliphatic carbocycles. The molecule has 1 aromatic carbocycles. The van der Waals surface area contributed by atoms with Crippen molar-refractivity contribution in [2.75, 3.05) is 11.9 Å². The number of rotatable bonds is 7. The molecule has 28 heavy (non-hydrogen) atoms. The molecule has 0 aromatic heterocycles. The number of hydrogen-bond acceptors (Lipinski definition) is 3. The summed E-state index contributed by atoms with van der Waals surface area (Å²) < 4.78 is 0. The highest BCUT2D eigenvalue weighted by Crippen LogP contribution is 2.27. The summed E-state index contributed by atoms with van der Waals surface area (Å²) in [6.45, 7) is 6.76. The summed E-state index contributed by atoms with van der Waals surface area (Å²) in [6.07, 6.45) is 6.56. The van der Waals surface area contributed by atoms with Crippen molar-refractivity contribution in [3.63, 3.8) is 0 Å². The van der Waals surface area contributed by atoms with E-state index in [2.05, 4.69) is 17.6 Å². The third kappa shape index (κ3) is 6.66. The summed E-state index contributed by atoms with van der Waals surface area (Å²) in [4.78, 5) is 37.8. The summed E-state index contributed by atoms with van der Waals surface area (Å²) in [6, 6.07) is 7.34. The molecule has 0 spiro atoms. The number of carbonyl (C=O) groups excluding carboxylic acids is 3. The molecule has 0 unspecified atom stereocenters. The van der Waals surface area contributed by atoms with E-state index in [0.29, 0.717) is 18.8 Å². The Labute approximate surface area is 168 Å². The Morgan fingerprint density at radius 2 is 1.79 bits per heavy atom. The van der Waals surface area contributed by atoms with Crippen LogP contribution in [0.1, 0.15) is 64.9 Å². The standard InChI is InChI=1S/C22H33N3O3/c1-4-7-17-10-12-19(13-11-17)23-21(27)22(28)24-20-9-6-8-18(14-20)15-25(5-2)16(3)26/h6,8-9,14,17,19H,4-5,7,10-13,15H2,1-3H3,(H,23,27)(H,24,28).